The van der Waals surface area contributed by atoms with Gasteiger partial charge in [0.25, 0.3) is 5.91 Å². The zero-order valence-electron chi connectivity index (χ0n) is 11.7. The van der Waals surface area contributed by atoms with Gasteiger partial charge in [0.2, 0.25) is 5.91 Å². The van der Waals surface area contributed by atoms with Crippen LogP contribution in [0.25, 0.3) is 0 Å². The Bertz CT molecular complexity index is 516. The molecule has 0 aromatic rings. The molecule has 2 atom stereocenters. The molecule has 4 aliphatic rings. The highest BCUT2D eigenvalue weighted by atomic mass is 16.2. The van der Waals surface area contributed by atoms with E-state index in [2.05, 4.69) is 0 Å². The van der Waals surface area contributed by atoms with Crippen LogP contribution in [0, 0.1) is 0 Å². The quantitative estimate of drug-likeness (QED) is 0.693. The molecule has 6 heteroatoms. The van der Waals surface area contributed by atoms with Gasteiger partial charge in [-0.25, -0.2) is 4.79 Å². The standard InChI is InChI=1S/C14H19N3O3/c1-14-5-2-6-16(14)13(20)17(12(14)19)10-7-11(18)15(8-10)9-3-4-9/h9-10H,2-8H2,1H3. The third-order valence-corrected chi connectivity index (χ3v) is 5.25. The summed E-state index contributed by atoms with van der Waals surface area (Å²) in [5.74, 6) is -0.00856. The minimum absolute atomic E-state index is 0.0929. The Morgan fingerprint density at radius 1 is 1.15 bits per heavy atom. The first-order chi connectivity index (χ1) is 9.52. The van der Waals surface area contributed by atoms with E-state index in [0.29, 0.717) is 25.6 Å². The fourth-order valence-corrected chi connectivity index (χ4v) is 3.91. The van der Waals surface area contributed by atoms with Crippen molar-refractivity contribution in [1.29, 1.82) is 0 Å². The number of hydrogen-bond donors (Lipinski definition) is 0. The summed E-state index contributed by atoms with van der Waals surface area (Å²) in [6.45, 7) is 3.05. The number of likely N-dealkylation sites (tertiary alicyclic amines) is 1. The minimum Gasteiger partial charge on any atom is -0.338 e. The molecule has 4 amide bonds. The molecule has 0 N–H and O–H groups in total. The zero-order valence-corrected chi connectivity index (χ0v) is 11.7. The van der Waals surface area contributed by atoms with E-state index in [1.54, 1.807) is 4.90 Å². The summed E-state index contributed by atoms with van der Waals surface area (Å²) in [6, 6.07) is -0.0910. The summed E-state index contributed by atoms with van der Waals surface area (Å²) in [6.07, 6.45) is 4.05. The molecule has 3 saturated heterocycles. The summed E-state index contributed by atoms with van der Waals surface area (Å²) in [5, 5.41) is 0. The van der Waals surface area contributed by atoms with Crippen LogP contribution in [0.3, 0.4) is 0 Å². The Balaban J connectivity index is 1.59. The van der Waals surface area contributed by atoms with E-state index < -0.39 is 5.54 Å². The number of carbonyl (C=O) groups is 3. The van der Waals surface area contributed by atoms with Gasteiger partial charge in [-0.1, -0.05) is 0 Å². The van der Waals surface area contributed by atoms with E-state index in [1.165, 1.54) is 4.90 Å². The predicted octanol–water partition coefficient (Wildman–Crippen LogP) is 0.566. The molecule has 0 aromatic carbocycles. The SMILES string of the molecule is CC12CCCN1C(=O)N(C1CC(=O)N(C3CC3)C1)C2=O. The molecule has 1 saturated carbocycles. The van der Waals surface area contributed by atoms with Crippen LogP contribution in [0.15, 0.2) is 0 Å². The van der Waals surface area contributed by atoms with E-state index in [-0.39, 0.29) is 23.9 Å². The second kappa shape index (κ2) is 3.74. The van der Waals surface area contributed by atoms with Crippen molar-refractivity contribution in [2.24, 2.45) is 0 Å². The average Bonchev–Trinajstić information content (AvgIpc) is 3.02. The van der Waals surface area contributed by atoms with Gasteiger partial charge >= 0.3 is 6.03 Å². The van der Waals surface area contributed by atoms with Crippen LogP contribution in [0.1, 0.15) is 39.0 Å². The number of fused-ring (bicyclic) bond motifs is 1. The van der Waals surface area contributed by atoms with Crippen LogP contribution in [-0.2, 0) is 9.59 Å². The van der Waals surface area contributed by atoms with Gasteiger partial charge < -0.3 is 9.80 Å². The Kier molecular flexibility index (Phi) is 2.28. The van der Waals surface area contributed by atoms with Gasteiger partial charge in [-0.15, -0.1) is 0 Å². The van der Waals surface area contributed by atoms with Crippen LogP contribution in [-0.4, -0.2) is 63.3 Å². The molecule has 6 nitrogen and oxygen atoms in total. The van der Waals surface area contributed by atoms with Crippen molar-refractivity contribution < 1.29 is 14.4 Å². The lowest BCUT2D eigenvalue weighted by atomic mass is 9.99. The van der Waals surface area contributed by atoms with Gasteiger partial charge in [0.1, 0.15) is 5.54 Å². The lowest BCUT2D eigenvalue weighted by Crippen LogP contribution is -2.45. The van der Waals surface area contributed by atoms with Gasteiger partial charge in [0, 0.05) is 25.6 Å². The number of urea groups is 1. The molecule has 1 aliphatic carbocycles. The van der Waals surface area contributed by atoms with Crippen molar-refractivity contribution in [1.82, 2.24) is 14.7 Å². The van der Waals surface area contributed by atoms with Crippen LogP contribution in [0.2, 0.25) is 0 Å². The Morgan fingerprint density at radius 3 is 2.55 bits per heavy atom. The van der Waals surface area contributed by atoms with Gasteiger partial charge in [-0.05, 0) is 32.6 Å². The van der Waals surface area contributed by atoms with Gasteiger partial charge in [-0.2, -0.15) is 0 Å². The van der Waals surface area contributed by atoms with E-state index in [9.17, 15) is 14.4 Å². The van der Waals surface area contributed by atoms with Crippen molar-refractivity contribution in [3.8, 4) is 0 Å². The molecular formula is C14H19N3O3. The predicted molar refractivity (Wildman–Crippen MR) is 69.7 cm³/mol. The van der Waals surface area contributed by atoms with Gasteiger partial charge in [0.15, 0.2) is 0 Å². The average molecular weight is 277 g/mol. The monoisotopic (exact) mass is 277 g/mol. The summed E-state index contributed by atoms with van der Waals surface area (Å²) in [7, 11) is 0. The number of carbonyl (C=O) groups excluding carboxylic acids is 3. The molecule has 4 fully saturated rings. The molecule has 2 unspecified atom stereocenters. The van der Waals surface area contributed by atoms with E-state index in [0.717, 1.165) is 25.7 Å². The second-order valence-corrected chi connectivity index (χ2v) is 6.62. The third kappa shape index (κ3) is 1.42. The first-order valence-corrected chi connectivity index (χ1v) is 7.47. The van der Waals surface area contributed by atoms with Gasteiger partial charge in [-0.3, -0.25) is 14.5 Å². The van der Waals surface area contributed by atoms with Crippen LogP contribution >= 0.6 is 0 Å². The summed E-state index contributed by atoms with van der Waals surface area (Å²) in [4.78, 5) is 42.1. The molecule has 0 aromatic heterocycles. The number of imide groups is 1. The highest BCUT2D eigenvalue weighted by Crippen LogP contribution is 2.40. The van der Waals surface area contributed by atoms with Crippen LogP contribution in [0.5, 0.6) is 0 Å². The van der Waals surface area contributed by atoms with E-state index >= 15 is 0 Å². The van der Waals surface area contributed by atoms with Crippen molar-refractivity contribution in [2.45, 2.75) is 56.7 Å². The largest absolute Gasteiger partial charge is 0.338 e. The van der Waals surface area contributed by atoms with Crippen molar-refractivity contribution >= 4 is 17.8 Å². The Morgan fingerprint density at radius 2 is 1.90 bits per heavy atom. The number of nitrogens with zero attached hydrogens (tertiary/aromatic N) is 3. The van der Waals surface area contributed by atoms with Crippen LogP contribution < -0.4 is 0 Å². The molecule has 0 radical (unpaired) electrons. The molecule has 108 valence electrons. The normalized spacial score (nSPS) is 37.4. The van der Waals surface area contributed by atoms with Crippen molar-refractivity contribution in [2.75, 3.05) is 13.1 Å². The summed E-state index contributed by atoms with van der Waals surface area (Å²) < 4.78 is 0. The van der Waals surface area contributed by atoms with Crippen molar-refractivity contribution in [3.05, 3.63) is 0 Å². The lowest BCUT2D eigenvalue weighted by molar-refractivity contribution is -0.133. The molecule has 3 heterocycles. The number of hydrogen-bond acceptors (Lipinski definition) is 3. The fourth-order valence-electron chi connectivity index (χ4n) is 3.91. The molecule has 0 spiro atoms. The first kappa shape index (κ1) is 12.2. The van der Waals surface area contributed by atoms with Crippen LogP contribution in [0.4, 0.5) is 4.79 Å². The maximum Gasteiger partial charge on any atom is 0.328 e. The molecular weight excluding hydrogens is 258 g/mol. The Hall–Kier alpha value is -1.59. The summed E-state index contributed by atoms with van der Waals surface area (Å²) >= 11 is 0. The highest BCUT2D eigenvalue weighted by molar-refractivity contribution is 6.08. The fraction of sp³-hybridized carbons (Fsp3) is 0.786. The topological polar surface area (TPSA) is 60.9 Å². The van der Waals surface area contributed by atoms with E-state index in [4.69, 9.17) is 0 Å². The molecule has 0 bridgehead atoms. The number of rotatable bonds is 2. The third-order valence-electron chi connectivity index (χ3n) is 5.25. The smallest absolute Gasteiger partial charge is 0.328 e. The van der Waals surface area contributed by atoms with Crippen molar-refractivity contribution in [3.63, 3.8) is 0 Å². The minimum atomic E-state index is -0.660. The molecule has 3 aliphatic heterocycles. The zero-order chi connectivity index (χ0) is 14.1. The maximum absolute atomic E-state index is 12.6. The van der Waals surface area contributed by atoms with E-state index in [1.807, 2.05) is 11.8 Å². The lowest BCUT2D eigenvalue weighted by Gasteiger charge is -2.23. The Labute approximate surface area is 117 Å². The first-order valence-electron chi connectivity index (χ1n) is 7.47. The molecule has 20 heavy (non-hydrogen) atoms. The summed E-state index contributed by atoms with van der Waals surface area (Å²) in [5.41, 5.74) is -0.660. The highest BCUT2D eigenvalue weighted by Gasteiger charge is 2.59. The van der Waals surface area contributed by atoms with Gasteiger partial charge in [0.05, 0.1) is 6.04 Å². The number of amides is 4. The second-order valence-electron chi connectivity index (χ2n) is 6.62. The maximum atomic E-state index is 12.6. The molecule has 4 rings (SSSR count).